The molecule has 2 saturated heterocycles. The number of hydrogen-bond donors (Lipinski definition) is 1. The second-order valence-corrected chi connectivity index (χ2v) is 7.35. The number of aryl methyl sites for hydroxylation is 1. The van der Waals surface area contributed by atoms with Gasteiger partial charge in [0.25, 0.3) is 0 Å². The van der Waals surface area contributed by atoms with Crippen LogP contribution >= 0.6 is 24.0 Å². The van der Waals surface area contributed by atoms with Crippen LogP contribution in [0.3, 0.4) is 0 Å². The maximum absolute atomic E-state index is 5.97. The van der Waals surface area contributed by atoms with Crippen molar-refractivity contribution in [3.63, 3.8) is 0 Å². The van der Waals surface area contributed by atoms with Gasteiger partial charge in [0.2, 0.25) is 0 Å². The molecule has 3 heterocycles. The number of aromatic nitrogens is 2. The lowest BCUT2D eigenvalue weighted by Crippen LogP contribution is -2.48. The van der Waals surface area contributed by atoms with E-state index in [1.165, 1.54) is 25.9 Å². The Hall–Kier alpha value is -0.870. The molecule has 8 heteroatoms. The fourth-order valence-electron chi connectivity index (χ4n) is 3.88. The molecule has 7 nitrogen and oxygen atoms in total. The fourth-order valence-corrected chi connectivity index (χ4v) is 3.88. The number of rotatable bonds is 5. The standard InChI is InChI=1S/C19H34N6O.HI/c1-4-20-19(21-11-16-7-6-8-24(5-2)13-16)25-9-10-26-18(15-25)17-12-22-23(3)14-17;/h12,14,16,18H,4-11,13,15H2,1-3H3,(H,20,21);1H. The molecule has 0 saturated carbocycles. The molecule has 1 aromatic heterocycles. The molecule has 0 aromatic carbocycles. The predicted molar refractivity (Wildman–Crippen MR) is 120 cm³/mol. The van der Waals surface area contributed by atoms with E-state index in [0.717, 1.165) is 50.9 Å². The molecule has 2 atom stereocenters. The van der Waals surface area contributed by atoms with Gasteiger partial charge in [0, 0.05) is 45.0 Å². The average Bonchev–Trinajstić information content (AvgIpc) is 3.12. The summed E-state index contributed by atoms with van der Waals surface area (Å²) in [6, 6.07) is 0. The number of aliphatic imine (C=N–C) groups is 1. The lowest BCUT2D eigenvalue weighted by atomic mass is 9.98. The van der Waals surface area contributed by atoms with Gasteiger partial charge in [-0.25, -0.2) is 0 Å². The van der Waals surface area contributed by atoms with E-state index in [-0.39, 0.29) is 30.1 Å². The summed E-state index contributed by atoms with van der Waals surface area (Å²) in [7, 11) is 1.94. The van der Waals surface area contributed by atoms with Crippen molar-refractivity contribution in [1.82, 2.24) is 24.9 Å². The highest BCUT2D eigenvalue weighted by Gasteiger charge is 2.25. The Labute approximate surface area is 180 Å². The van der Waals surface area contributed by atoms with Gasteiger partial charge >= 0.3 is 0 Å². The molecule has 2 unspecified atom stereocenters. The third-order valence-corrected chi connectivity index (χ3v) is 5.35. The van der Waals surface area contributed by atoms with Gasteiger partial charge in [0.05, 0.1) is 19.3 Å². The number of nitrogens with one attached hydrogen (secondary N) is 1. The van der Waals surface area contributed by atoms with Gasteiger partial charge in [0.15, 0.2) is 5.96 Å². The number of likely N-dealkylation sites (tertiary alicyclic amines) is 1. The molecule has 1 N–H and O–H groups in total. The Kier molecular flexibility index (Phi) is 9.31. The van der Waals surface area contributed by atoms with Crippen molar-refractivity contribution < 1.29 is 4.74 Å². The van der Waals surface area contributed by atoms with Crippen molar-refractivity contribution >= 4 is 29.9 Å². The molecule has 0 aliphatic carbocycles. The second kappa shape index (κ2) is 11.2. The van der Waals surface area contributed by atoms with Crippen LogP contribution in [0.15, 0.2) is 17.4 Å². The summed E-state index contributed by atoms with van der Waals surface area (Å²) >= 11 is 0. The minimum absolute atomic E-state index is 0. The summed E-state index contributed by atoms with van der Waals surface area (Å²) in [6.45, 7) is 12.2. The van der Waals surface area contributed by atoms with E-state index in [1.54, 1.807) is 0 Å². The lowest BCUT2D eigenvalue weighted by molar-refractivity contribution is -0.00808. The van der Waals surface area contributed by atoms with E-state index in [1.807, 2.05) is 24.1 Å². The molecule has 2 aliphatic heterocycles. The van der Waals surface area contributed by atoms with Crippen LogP contribution < -0.4 is 5.32 Å². The molecule has 27 heavy (non-hydrogen) atoms. The van der Waals surface area contributed by atoms with E-state index in [4.69, 9.17) is 9.73 Å². The van der Waals surface area contributed by atoms with E-state index >= 15 is 0 Å². The number of guanidine groups is 1. The average molecular weight is 490 g/mol. The largest absolute Gasteiger partial charge is 0.370 e. The van der Waals surface area contributed by atoms with Crippen LogP contribution in [0.5, 0.6) is 0 Å². The Bertz CT molecular complexity index is 593. The Morgan fingerprint density at radius 3 is 2.89 bits per heavy atom. The summed E-state index contributed by atoms with van der Waals surface area (Å²) in [4.78, 5) is 9.88. The first-order chi connectivity index (χ1) is 12.7. The molecule has 0 amide bonds. The maximum atomic E-state index is 5.97. The molecular formula is C19H35IN6O. The fraction of sp³-hybridized carbons (Fsp3) is 0.789. The smallest absolute Gasteiger partial charge is 0.194 e. The van der Waals surface area contributed by atoms with E-state index in [9.17, 15) is 0 Å². The quantitative estimate of drug-likeness (QED) is 0.390. The van der Waals surface area contributed by atoms with Gasteiger partial charge < -0.3 is 19.9 Å². The third kappa shape index (κ3) is 6.32. The van der Waals surface area contributed by atoms with Gasteiger partial charge in [-0.05, 0) is 38.8 Å². The number of halogens is 1. The number of ether oxygens (including phenoxy) is 1. The van der Waals surface area contributed by atoms with Crippen LogP contribution in [0, 0.1) is 5.92 Å². The minimum Gasteiger partial charge on any atom is -0.370 e. The van der Waals surface area contributed by atoms with Crippen LogP contribution in [-0.4, -0.2) is 78.0 Å². The highest BCUT2D eigenvalue weighted by molar-refractivity contribution is 14.0. The molecule has 154 valence electrons. The van der Waals surface area contributed by atoms with Crippen molar-refractivity contribution in [2.24, 2.45) is 18.0 Å². The SMILES string of the molecule is CCNC(=NCC1CCCN(CC)C1)N1CCOC(c2cnn(C)c2)C1.I. The zero-order valence-corrected chi connectivity index (χ0v) is 19.3. The molecule has 1 aromatic rings. The number of piperidine rings is 1. The second-order valence-electron chi connectivity index (χ2n) is 7.35. The first kappa shape index (κ1) is 22.4. The summed E-state index contributed by atoms with van der Waals surface area (Å²) in [5.74, 6) is 1.70. The Morgan fingerprint density at radius 2 is 2.19 bits per heavy atom. The highest BCUT2D eigenvalue weighted by atomic mass is 127. The van der Waals surface area contributed by atoms with E-state index in [2.05, 4.69) is 34.1 Å². The molecule has 3 rings (SSSR count). The predicted octanol–water partition coefficient (Wildman–Crippen LogP) is 2.11. The van der Waals surface area contributed by atoms with Gasteiger partial charge in [-0.3, -0.25) is 9.67 Å². The molecule has 0 bridgehead atoms. The number of nitrogens with zero attached hydrogens (tertiary/aromatic N) is 5. The van der Waals surface area contributed by atoms with E-state index < -0.39 is 0 Å². The maximum Gasteiger partial charge on any atom is 0.194 e. The minimum atomic E-state index is 0. The van der Waals surface area contributed by atoms with Crippen molar-refractivity contribution in [2.45, 2.75) is 32.8 Å². The highest BCUT2D eigenvalue weighted by Crippen LogP contribution is 2.22. The van der Waals surface area contributed by atoms with Gasteiger partial charge in [0.1, 0.15) is 6.10 Å². The normalized spacial score (nSPS) is 24.6. The van der Waals surface area contributed by atoms with Crippen LogP contribution in [0.4, 0.5) is 0 Å². The molecule has 2 aliphatic rings. The molecular weight excluding hydrogens is 455 g/mol. The zero-order chi connectivity index (χ0) is 18.4. The molecule has 0 radical (unpaired) electrons. The Morgan fingerprint density at radius 1 is 1.33 bits per heavy atom. The van der Waals surface area contributed by atoms with Crippen molar-refractivity contribution in [3.05, 3.63) is 18.0 Å². The van der Waals surface area contributed by atoms with Crippen LogP contribution in [0.25, 0.3) is 0 Å². The third-order valence-electron chi connectivity index (χ3n) is 5.35. The van der Waals surface area contributed by atoms with Crippen LogP contribution in [0.2, 0.25) is 0 Å². The van der Waals surface area contributed by atoms with Crippen molar-refractivity contribution in [2.75, 3.05) is 52.4 Å². The first-order valence-electron chi connectivity index (χ1n) is 10.0. The van der Waals surface area contributed by atoms with Crippen LogP contribution in [0.1, 0.15) is 38.4 Å². The first-order valence-corrected chi connectivity index (χ1v) is 10.0. The van der Waals surface area contributed by atoms with Gasteiger partial charge in [-0.15, -0.1) is 24.0 Å². The van der Waals surface area contributed by atoms with Crippen molar-refractivity contribution in [1.29, 1.82) is 0 Å². The monoisotopic (exact) mass is 490 g/mol. The van der Waals surface area contributed by atoms with Gasteiger partial charge in [-0.2, -0.15) is 5.10 Å². The summed E-state index contributed by atoms with van der Waals surface area (Å²) < 4.78 is 7.81. The van der Waals surface area contributed by atoms with Gasteiger partial charge in [-0.1, -0.05) is 6.92 Å². The van der Waals surface area contributed by atoms with Crippen LogP contribution in [-0.2, 0) is 11.8 Å². The van der Waals surface area contributed by atoms with E-state index in [0.29, 0.717) is 5.92 Å². The summed E-state index contributed by atoms with van der Waals surface area (Å²) in [5.41, 5.74) is 1.14. The van der Waals surface area contributed by atoms with Crippen molar-refractivity contribution in [3.8, 4) is 0 Å². The topological polar surface area (TPSA) is 57.9 Å². The summed E-state index contributed by atoms with van der Waals surface area (Å²) in [6.07, 6.45) is 6.59. The lowest BCUT2D eigenvalue weighted by Gasteiger charge is -2.35. The number of morpholine rings is 1. The number of hydrogen-bond acceptors (Lipinski definition) is 4. The Balaban J connectivity index is 0.00000261. The molecule has 0 spiro atoms. The summed E-state index contributed by atoms with van der Waals surface area (Å²) in [5, 5.41) is 7.76. The molecule has 2 fully saturated rings. The zero-order valence-electron chi connectivity index (χ0n) is 16.9.